The van der Waals surface area contributed by atoms with Gasteiger partial charge in [0.1, 0.15) is 5.65 Å². The molecule has 4 nitrogen and oxygen atoms in total. The molecule has 0 aliphatic carbocycles. The lowest BCUT2D eigenvalue weighted by Crippen LogP contribution is -1.93. The van der Waals surface area contributed by atoms with Crippen LogP contribution in [0, 0.1) is 0 Å². The second-order valence-electron chi connectivity index (χ2n) is 16.3. The van der Waals surface area contributed by atoms with Crippen molar-refractivity contribution >= 4 is 120 Å². The molecule has 59 heavy (non-hydrogen) atoms. The zero-order chi connectivity index (χ0) is 38.1. The highest BCUT2D eigenvalue weighted by atomic mass is 15.0. The van der Waals surface area contributed by atoms with Gasteiger partial charge in [0.05, 0.1) is 44.8 Å². The zero-order valence-corrected chi connectivity index (χ0v) is 31.6. The molecule has 0 radical (unpaired) electrons. The van der Waals surface area contributed by atoms with Gasteiger partial charge in [-0.25, -0.2) is 4.98 Å². The Bertz CT molecular complexity index is 4300. The van der Waals surface area contributed by atoms with Crippen molar-refractivity contribution in [3.8, 4) is 16.8 Å². The number of hydrogen-bond acceptors (Lipinski definition) is 1. The summed E-state index contributed by atoms with van der Waals surface area (Å²) in [6.45, 7) is 0. The topological polar surface area (TPSA) is 26.6 Å². The minimum atomic E-state index is 1.00. The maximum atomic E-state index is 5.54. The van der Waals surface area contributed by atoms with Crippen molar-refractivity contribution in [3.05, 3.63) is 182 Å². The molecule has 0 amide bonds. The molecule has 6 heterocycles. The van der Waals surface area contributed by atoms with Crippen LogP contribution >= 0.6 is 0 Å². The Hall–Kier alpha value is -7.95. The molecule has 0 saturated carbocycles. The highest BCUT2D eigenvalue weighted by Crippen LogP contribution is 2.50. The number of rotatable bonds is 2. The summed E-state index contributed by atoms with van der Waals surface area (Å²) in [5, 5.41) is 17.6. The summed E-state index contributed by atoms with van der Waals surface area (Å²) in [6.07, 6.45) is 2.15. The predicted molar refractivity (Wildman–Crippen MR) is 248 cm³/mol. The first-order valence-corrected chi connectivity index (χ1v) is 20.4. The van der Waals surface area contributed by atoms with Crippen LogP contribution < -0.4 is 0 Å². The average molecular weight is 747 g/mol. The van der Waals surface area contributed by atoms with E-state index in [0.717, 1.165) is 16.9 Å². The molecule has 0 bridgehead atoms. The van der Waals surface area contributed by atoms with Crippen LogP contribution in [0.4, 0.5) is 0 Å². The molecule has 0 fully saturated rings. The van der Waals surface area contributed by atoms with E-state index < -0.39 is 0 Å². The van der Waals surface area contributed by atoms with Gasteiger partial charge in [-0.3, -0.25) is 4.40 Å². The maximum absolute atomic E-state index is 5.54. The Balaban J connectivity index is 1.12. The third kappa shape index (κ3) is 3.56. The van der Waals surface area contributed by atoms with Crippen LogP contribution in [0.3, 0.4) is 0 Å². The molecule has 9 aromatic carbocycles. The Kier molecular flexibility index (Phi) is 5.38. The highest BCUT2D eigenvalue weighted by Gasteiger charge is 2.28. The largest absolute Gasteiger partial charge is 0.309 e. The molecule has 0 N–H and O–H groups in total. The lowest BCUT2D eigenvalue weighted by atomic mass is 9.97. The Morgan fingerprint density at radius 2 is 1.02 bits per heavy atom. The number of aromatic nitrogens is 4. The SMILES string of the molecule is c1ccc(-n2c3ccccc3c3cc(-c4cccc5c6cc7ccccc7c7c8c9c%10cccc%11c%12ccc%13ccccc%13c%12n(c9cnc8n(c45)c67)c%11%10)ccc32)cc1. The van der Waals surface area contributed by atoms with Gasteiger partial charge in [0, 0.05) is 70.5 Å². The van der Waals surface area contributed by atoms with Gasteiger partial charge in [-0.15, -0.1) is 0 Å². The van der Waals surface area contributed by atoms with Crippen LogP contribution in [0.1, 0.15) is 0 Å². The third-order valence-electron chi connectivity index (χ3n) is 13.5. The van der Waals surface area contributed by atoms with Crippen molar-refractivity contribution in [2.24, 2.45) is 0 Å². The van der Waals surface area contributed by atoms with Crippen molar-refractivity contribution in [2.75, 3.05) is 0 Å². The van der Waals surface area contributed by atoms with E-state index in [-0.39, 0.29) is 0 Å². The molecule has 0 atom stereocenters. The number of fused-ring (bicyclic) bond motifs is 20. The molecule has 270 valence electrons. The van der Waals surface area contributed by atoms with Gasteiger partial charge in [0.25, 0.3) is 0 Å². The maximum Gasteiger partial charge on any atom is 0.146 e. The molecule has 0 spiro atoms. The van der Waals surface area contributed by atoms with E-state index >= 15 is 0 Å². The number of hydrogen-bond donors (Lipinski definition) is 0. The molecule has 4 heteroatoms. The lowest BCUT2D eigenvalue weighted by molar-refractivity contribution is 1.18. The monoisotopic (exact) mass is 746 g/mol. The van der Waals surface area contributed by atoms with Crippen molar-refractivity contribution in [1.82, 2.24) is 18.4 Å². The highest BCUT2D eigenvalue weighted by molar-refractivity contribution is 6.40. The molecular formula is C55H30N4. The van der Waals surface area contributed by atoms with Crippen LogP contribution in [0.25, 0.3) is 136 Å². The molecule has 15 rings (SSSR count). The van der Waals surface area contributed by atoms with Crippen LogP contribution in [0.15, 0.2) is 182 Å². The second-order valence-corrected chi connectivity index (χ2v) is 16.3. The second kappa shape index (κ2) is 10.5. The number of nitrogens with zero attached hydrogens (tertiary/aromatic N) is 4. The average Bonchev–Trinajstić information content (AvgIpc) is 4.09. The summed E-state index contributed by atoms with van der Waals surface area (Å²) in [6, 6.07) is 64.9. The van der Waals surface area contributed by atoms with Gasteiger partial charge in [0.2, 0.25) is 0 Å². The van der Waals surface area contributed by atoms with Crippen molar-refractivity contribution in [1.29, 1.82) is 0 Å². The summed E-state index contributed by atoms with van der Waals surface area (Å²) >= 11 is 0. The minimum absolute atomic E-state index is 1.00. The van der Waals surface area contributed by atoms with E-state index in [1.165, 1.54) is 120 Å². The molecule has 15 aromatic rings. The van der Waals surface area contributed by atoms with E-state index in [2.05, 4.69) is 195 Å². The first kappa shape index (κ1) is 30.2. The third-order valence-corrected chi connectivity index (χ3v) is 13.5. The lowest BCUT2D eigenvalue weighted by Gasteiger charge is -2.09. The summed E-state index contributed by atoms with van der Waals surface area (Å²) in [5.74, 6) is 0. The van der Waals surface area contributed by atoms with Crippen LogP contribution in [-0.4, -0.2) is 18.4 Å². The fourth-order valence-corrected chi connectivity index (χ4v) is 11.2. The van der Waals surface area contributed by atoms with Gasteiger partial charge >= 0.3 is 0 Å². The number of benzene rings is 9. The zero-order valence-electron chi connectivity index (χ0n) is 31.6. The van der Waals surface area contributed by atoms with Crippen molar-refractivity contribution in [3.63, 3.8) is 0 Å². The molecular weight excluding hydrogens is 717 g/mol. The Morgan fingerprint density at radius 3 is 1.92 bits per heavy atom. The van der Waals surface area contributed by atoms with Crippen LogP contribution in [0.2, 0.25) is 0 Å². The van der Waals surface area contributed by atoms with Gasteiger partial charge < -0.3 is 8.97 Å². The van der Waals surface area contributed by atoms with Crippen molar-refractivity contribution < 1.29 is 0 Å². The standard InChI is InChI=1S/C55H30N4/c1-2-14-34(15-3-1)57-45-23-9-8-18-38(45)43-28-33(25-27-46(43)57)37-19-10-21-40-44-29-32-13-5-6-16-35(32)49-50-48-42-22-11-20-39-41-26-24-31-12-4-7-17-36(31)51(41)58(53(39)42)47(48)30-56-55(50)59(52(37)40)54(44)49/h1-30H. The van der Waals surface area contributed by atoms with Crippen LogP contribution in [0.5, 0.6) is 0 Å². The van der Waals surface area contributed by atoms with E-state index in [1.54, 1.807) is 0 Å². The summed E-state index contributed by atoms with van der Waals surface area (Å²) in [7, 11) is 0. The van der Waals surface area contributed by atoms with E-state index in [1.807, 2.05) is 0 Å². The van der Waals surface area contributed by atoms with Gasteiger partial charge in [-0.1, -0.05) is 140 Å². The van der Waals surface area contributed by atoms with E-state index in [0.29, 0.717) is 0 Å². The first-order valence-electron chi connectivity index (χ1n) is 20.4. The van der Waals surface area contributed by atoms with E-state index in [9.17, 15) is 0 Å². The quantitative estimate of drug-likeness (QED) is 0.173. The molecule has 0 aliphatic rings. The normalized spacial score (nSPS) is 12.7. The Morgan fingerprint density at radius 1 is 0.339 bits per heavy atom. The van der Waals surface area contributed by atoms with Gasteiger partial charge in [-0.2, -0.15) is 0 Å². The Labute approximate surface area is 335 Å². The van der Waals surface area contributed by atoms with Gasteiger partial charge in [-0.05, 0) is 58.1 Å². The number of pyridine rings is 1. The predicted octanol–water partition coefficient (Wildman–Crippen LogP) is 14.5. The fourth-order valence-electron chi connectivity index (χ4n) is 11.2. The summed E-state index contributed by atoms with van der Waals surface area (Å²) in [4.78, 5) is 5.54. The number of para-hydroxylation sites is 4. The molecule has 0 unspecified atom stereocenters. The van der Waals surface area contributed by atoms with E-state index in [4.69, 9.17) is 4.98 Å². The summed E-state index contributed by atoms with van der Waals surface area (Å²) < 4.78 is 7.39. The smallest absolute Gasteiger partial charge is 0.146 e. The fraction of sp³-hybridized carbons (Fsp3) is 0. The molecule has 6 aromatic heterocycles. The molecule has 0 saturated heterocycles. The minimum Gasteiger partial charge on any atom is -0.309 e. The van der Waals surface area contributed by atoms with Crippen molar-refractivity contribution in [2.45, 2.75) is 0 Å². The molecule has 0 aliphatic heterocycles. The summed E-state index contributed by atoms with van der Waals surface area (Å²) in [5.41, 5.74) is 13.1. The van der Waals surface area contributed by atoms with Crippen LogP contribution in [-0.2, 0) is 0 Å². The van der Waals surface area contributed by atoms with Gasteiger partial charge in [0.15, 0.2) is 0 Å². The first-order chi connectivity index (χ1) is 29.3.